The molecule has 0 aliphatic heterocycles. The van der Waals surface area contributed by atoms with Crippen molar-refractivity contribution in [2.24, 2.45) is 0 Å². The van der Waals surface area contributed by atoms with Gasteiger partial charge in [0.1, 0.15) is 0 Å². The summed E-state index contributed by atoms with van der Waals surface area (Å²) in [6, 6.07) is 9.03. The third kappa shape index (κ3) is 4.46. The van der Waals surface area contributed by atoms with Crippen molar-refractivity contribution < 1.29 is 13.5 Å². The quantitative estimate of drug-likeness (QED) is 0.796. The number of benzene rings is 1. The highest BCUT2D eigenvalue weighted by Gasteiger charge is 2.20. The Morgan fingerprint density at radius 1 is 1.24 bits per heavy atom. The zero-order chi connectivity index (χ0) is 12.9. The molecule has 96 valence electrons. The zero-order valence-electron chi connectivity index (χ0n) is 10.1. The van der Waals surface area contributed by atoms with E-state index >= 15 is 0 Å². The maximum absolute atomic E-state index is 11.7. The zero-order valence-corrected chi connectivity index (χ0v) is 10.9. The van der Waals surface area contributed by atoms with Gasteiger partial charge in [-0.05, 0) is 25.8 Å². The monoisotopic (exact) mass is 257 g/mol. The summed E-state index contributed by atoms with van der Waals surface area (Å²) < 4.78 is 25.8. The van der Waals surface area contributed by atoms with E-state index in [1.54, 1.807) is 13.8 Å². The number of nitrogens with one attached hydrogen (secondary N) is 1. The van der Waals surface area contributed by atoms with Crippen molar-refractivity contribution >= 4 is 10.0 Å². The molecular weight excluding hydrogens is 238 g/mol. The molecule has 0 fully saturated rings. The fourth-order valence-corrected chi connectivity index (χ4v) is 2.31. The van der Waals surface area contributed by atoms with Crippen LogP contribution in [-0.2, 0) is 16.4 Å². The van der Waals surface area contributed by atoms with Gasteiger partial charge in [-0.25, -0.2) is 13.1 Å². The Balaban J connectivity index is 2.68. The maximum Gasteiger partial charge on any atom is 0.214 e. The minimum atomic E-state index is -3.34. The molecule has 0 heterocycles. The Labute approximate surface area is 103 Å². The number of aliphatic hydroxyl groups is 1. The van der Waals surface area contributed by atoms with Crippen molar-refractivity contribution in [3.05, 3.63) is 35.9 Å². The first-order valence-electron chi connectivity index (χ1n) is 5.61. The molecule has 0 radical (unpaired) electrons. The first-order chi connectivity index (χ1) is 7.95. The van der Waals surface area contributed by atoms with E-state index in [4.69, 9.17) is 0 Å². The van der Waals surface area contributed by atoms with Crippen LogP contribution in [0.1, 0.15) is 19.4 Å². The maximum atomic E-state index is 11.7. The predicted octanol–water partition coefficient (Wildman–Crippen LogP) is 0.918. The lowest BCUT2D eigenvalue weighted by molar-refractivity contribution is 0.256. The van der Waals surface area contributed by atoms with Gasteiger partial charge in [0.05, 0.1) is 11.9 Å². The van der Waals surface area contributed by atoms with Gasteiger partial charge in [-0.15, -0.1) is 0 Å². The molecule has 1 atom stereocenters. The standard InChI is InChI=1S/C12H19NO3S/c1-10(2)17(15,16)13-12(9-14)8-11-6-4-3-5-7-11/h3-7,10,12-14H,8-9H2,1-2H3/t12-/m1/s1. The van der Waals surface area contributed by atoms with E-state index in [9.17, 15) is 13.5 Å². The first-order valence-corrected chi connectivity index (χ1v) is 7.16. The van der Waals surface area contributed by atoms with E-state index in [1.807, 2.05) is 30.3 Å². The number of hydrogen-bond donors (Lipinski definition) is 2. The molecule has 4 nitrogen and oxygen atoms in total. The molecule has 2 N–H and O–H groups in total. The van der Waals surface area contributed by atoms with E-state index in [0.29, 0.717) is 6.42 Å². The molecule has 0 amide bonds. The van der Waals surface area contributed by atoms with Gasteiger partial charge < -0.3 is 5.11 Å². The second-order valence-electron chi connectivity index (χ2n) is 4.28. The lowest BCUT2D eigenvalue weighted by Gasteiger charge is -2.18. The SMILES string of the molecule is CC(C)S(=O)(=O)N[C@@H](CO)Cc1ccccc1. The fourth-order valence-electron chi connectivity index (χ4n) is 1.41. The van der Waals surface area contributed by atoms with Gasteiger partial charge in [0, 0.05) is 6.04 Å². The van der Waals surface area contributed by atoms with E-state index < -0.39 is 21.3 Å². The van der Waals surface area contributed by atoms with Crippen LogP contribution in [0.2, 0.25) is 0 Å². The van der Waals surface area contributed by atoms with Crippen LogP contribution in [0, 0.1) is 0 Å². The van der Waals surface area contributed by atoms with Crippen molar-refractivity contribution in [3.8, 4) is 0 Å². The van der Waals surface area contributed by atoms with Crippen LogP contribution in [-0.4, -0.2) is 31.4 Å². The molecule has 0 aliphatic carbocycles. The third-order valence-corrected chi connectivity index (χ3v) is 4.40. The Bertz CT molecular complexity index is 428. The largest absolute Gasteiger partial charge is 0.395 e. The molecule has 0 saturated heterocycles. The summed E-state index contributed by atoms with van der Waals surface area (Å²) in [5, 5.41) is 8.71. The first kappa shape index (κ1) is 14.2. The number of sulfonamides is 1. The Morgan fingerprint density at radius 3 is 2.29 bits per heavy atom. The molecular formula is C12H19NO3S. The van der Waals surface area contributed by atoms with E-state index in [2.05, 4.69) is 4.72 Å². The molecule has 0 aromatic heterocycles. The summed E-state index contributed by atoms with van der Waals surface area (Å²) >= 11 is 0. The molecule has 0 aliphatic rings. The number of aliphatic hydroxyl groups excluding tert-OH is 1. The predicted molar refractivity (Wildman–Crippen MR) is 68.2 cm³/mol. The highest BCUT2D eigenvalue weighted by molar-refractivity contribution is 7.90. The lowest BCUT2D eigenvalue weighted by Crippen LogP contribution is -2.42. The van der Waals surface area contributed by atoms with Gasteiger partial charge in [0.25, 0.3) is 0 Å². The van der Waals surface area contributed by atoms with Crippen molar-refractivity contribution in [3.63, 3.8) is 0 Å². The molecule has 0 bridgehead atoms. The van der Waals surface area contributed by atoms with Gasteiger partial charge in [-0.3, -0.25) is 0 Å². The smallest absolute Gasteiger partial charge is 0.214 e. The molecule has 0 spiro atoms. The second-order valence-corrected chi connectivity index (χ2v) is 6.55. The second kappa shape index (κ2) is 6.14. The average molecular weight is 257 g/mol. The summed E-state index contributed by atoms with van der Waals surface area (Å²) in [5.74, 6) is 0. The van der Waals surface area contributed by atoms with Crippen LogP contribution in [0.4, 0.5) is 0 Å². The normalized spacial score (nSPS) is 13.9. The van der Waals surface area contributed by atoms with Gasteiger partial charge in [-0.1, -0.05) is 30.3 Å². The minimum Gasteiger partial charge on any atom is -0.395 e. The van der Waals surface area contributed by atoms with Crippen LogP contribution >= 0.6 is 0 Å². The fraction of sp³-hybridized carbons (Fsp3) is 0.500. The van der Waals surface area contributed by atoms with Crippen LogP contribution in [0.25, 0.3) is 0 Å². The van der Waals surface area contributed by atoms with Crippen molar-refractivity contribution in [2.75, 3.05) is 6.61 Å². The molecule has 1 rings (SSSR count). The molecule has 1 aromatic rings. The van der Waals surface area contributed by atoms with E-state index in [0.717, 1.165) is 5.56 Å². The molecule has 0 saturated carbocycles. The van der Waals surface area contributed by atoms with Gasteiger partial charge in [-0.2, -0.15) is 0 Å². The number of rotatable bonds is 6. The highest BCUT2D eigenvalue weighted by Crippen LogP contribution is 2.05. The Hall–Kier alpha value is -0.910. The summed E-state index contributed by atoms with van der Waals surface area (Å²) in [7, 11) is -3.34. The highest BCUT2D eigenvalue weighted by atomic mass is 32.2. The molecule has 17 heavy (non-hydrogen) atoms. The minimum absolute atomic E-state index is 0.207. The topological polar surface area (TPSA) is 66.4 Å². The van der Waals surface area contributed by atoms with Gasteiger partial charge >= 0.3 is 0 Å². The van der Waals surface area contributed by atoms with E-state index in [1.165, 1.54) is 0 Å². The lowest BCUT2D eigenvalue weighted by atomic mass is 10.1. The summed E-state index contributed by atoms with van der Waals surface area (Å²) in [5.41, 5.74) is 0.998. The summed E-state index contributed by atoms with van der Waals surface area (Å²) in [6.07, 6.45) is 0.489. The summed E-state index contributed by atoms with van der Waals surface area (Å²) in [6.45, 7) is 3.01. The van der Waals surface area contributed by atoms with Crippen LogP contribution in [0.15, 0.2) is 30.3 Å². The van der Waals surface area contributed by atoms with Crippen LogP contribution < -0.4 is 4.72 Å². The number of hydrogen-bond acceptors (Lipinski definition) is 3. The molecule has 1 aromatic carbocycles. The molecule has 5 heteroatoms. The van der Waals surface area contributed by atoms with Gasteiger partial charge in [0.15, 0.2) is 0 Å². The van der Waals surface area contributed by atoms with Crippen molar-refractivity contribution in [1.82, 2.24) is 4.72 Å². The third-order valence-electron chi connectivity index (χ3n) is 2.50. The average Bonchev–Trinajstić information content (AvgIpc) is 2.29. The van der Waals surface area contributed by atoms with Crippen molar-refractivity contribution in [1.29, 1.82) is 0 Å². The van der Waals surface area contributed by atoms with Crippen LogP contribution in [0.5, 0.6) is 0 Å². The summed E-state index contributed by atoms with van der Waals surface area (Å²) in [4.78, 5) is 0. The molecule has 0 unspecified atom stereocenters. The van der Waals surface area contributed by atoms with E-state index in [-0.39, 0.29) is 6.61 Å². The Morgan fingerprint density at radius 2 is 1.82 bits per heavy atom. The van der Waals surface area contributed by atoms with Crippen LogP contribution in [0.3, 0.4) is 0 Å². The van der Waals surface area contributed by atoms with Crippen molar-refractivity contribution in [2.45, 2.75) is 31.6 Å². The Kier molecular flexibility index (Phi) is 5.11. The van der Waals surface area contributed by atoms with Gasteiger partial charge in [0.2, 0.25) is 10.0 Å².